The van der Waals surface area contributed by atoms with Gasteiger partial charge in [-0.1, -0.05) is 5.16 Å². The van der Waals surface area contributed by atoms with Crippen molar-refractivity contribution in [2.75, 3.05) is 11.9 Å². The molecule has 6 heteroatoms. The van der Waals surface area contributed by atoms with Crippen LogP contribution in [-0.4, -0.2) is 17.7 Å². The highest BCUT2D eigenvalue weighted by atomic mass is 16.5. The Balaban J connectivity index is 1.76. The van der Waals surface area contributed by atoms with Crippen LogP contribution in [0.5, 0.6) is 5.75 Å². The second-order valence-electron chi connectivity index (χ2n) is 7.54. The predicted octanol–water partition coefficient (Wildman–Crippen LogP) is 5.36. The SMILES string of the molecule is CCOc1c(/C(C)=C/C(=O)Nc2cc(C)on2)cc2c3c(oc2c1C)CCCC3. The van der Waals surface area contributed by atoms with Gasteiger partial charge >= 0.3 is 0 Å². The molecule has 29 heavy (non-hydrogen) atoms. The third-order valence-corrected chi connectivity index (χ3v) is 5.37. The molecule has 0 radical (unpaired) electrons. The molecule has 1 aromatic carbocycles. The molecule has 1 N–H and O–H groups in total. The average molecular weight is 394 g/mol. The summed E-state index contributed by atoms with van der Waals surface area (Å²) < 4.78 is 17.2. The largest absolute Gasteiger partial charge is 0.493 e. The van der Waals surface area contributed by atoms with Crippen LogP contribution >= 0.6 is 0 Å². The fourth-order valence-corrected chi connectivity index (χ4v) is 4.02. The molecule has 1 amide bonds. The van der Waals surface area contributed by atoms with Gasteiger partial charge in [0.15, 0.2) is 5.82 Å². The number of hydrogen-bond acceptors (Lipinski definition) is 5. The summed E-state index contributed by atoms with van der Waals surface area (Å²) in [7, 11) is 0. The standard InChI is InChI=1S/C23H26N2O4/c1-5-27-22-15(4)23-18(16-8-6-7-9-19(16)28-23)12-17(22)13(2)10-21(26)24-20-11-14(3)29-25-20/h10-12H,5-9H2,1-4H3,(H,24,25,26)/b13-10+. The monoisotopic (exact) mass is 394 g/mol. The molecule has 152 valence electrons. The Morgan fingerprint density at radius 2 is 2.07 bits per heavy atom. The van der Waals surface area contributed by atoms with Crippen molar-refractivity contribution >= 4 is 28.3 Å². The predicted molar refractivity (Wildman–Crippen MR) is 112 cm³/mol. The molecule has 1 aliphatic rings. The van der Waals surface area contributed by atoms with Crippen LogP contribution in [0.4, 0.5) is 5.82 Å². The molecule has 6 nitrogen and oxygen atoms in total. The highest BCUT2D eigenvalue weighted by Gasteiger charge is 2.23. The lowest BCUT2D eigenvalue weighted by atomic mass is 9.93. The second kappa shape index (κ2) is 7.78. The maximum Gasteiger partial charge on any atom is 0.249 e. The van der Waals surface area contributed by atoms with E-state index in [1.54, 1.807) is 19.1 Å². The van der Waals surface area contributed by atoms with E-state index in [0.717, 1.165) is 58.4 Å². The van der Waals surface area contributed by atoms with E-state index in [1.165, 1.54) is 12.0 Å². The van der Waals surface area contributed by atoms with Crippen LogP contribution in [0.15, 0.2) is 27.1 Å². The van der Waals surface area contributed by atoms with Crippen LogP contribution in [0.2, 0.25) is 0 Å². The van der Waals surface area contributed by atoms with Gasteiger partial charge in [0.1, 0.15) is 22.9 Å². The highest BCUT2D eigenvalue weighted by molar-refractivity contribution is 6.04. The zero-order chi connectivity index (χ0) is 20.5. The van der Waals surface area contributed by atoms with E-state index in [2.05, 4.69) is 16.5 Å². The quantitative estimate of drug-likeness (QED) is 0.590. The van der Waals surface area contributed by atoms with Crippen molar-refractivity contribution in [3.05, 3.63) is 46.4 Å². The molecule has 0 saturated heterocycles. The summed E-state index contributed by atoms with van der Waals surface area (Å²) in [5.74, 6) is 2.65. The number of allylic oxidation sites excluding steroid dienone is 1. The Hall–Kier alpha value is -3.02. The first-order valence-electron chi connectivity index (χ1n) is 10.1. The van der Waals surface area contributed by atoms with Crippen LogP contribution in [0.1, 0.15) is 54.9 Å². The van der Waals surface area contributed by atoms with E-state index in [9.17, 15) is 4.79 Å². The number of carbonyl (C=O) groups is 1. The Morgan fingerprint density at radius 1 is 1.28 bits per heavy atom. The average Bonchev–Trinajstić information content (AvgIpc) is 3.27. The summed E-state index contributed by atoms with van der Waals surface area (Å²) >= 11 is 0. The van der Waals surface area contributed by atoms with Crippen molar-refractivity contribution in [2.24, 2.45) is 0 Å². The molecule has 0 atom stereocenters. The van der Waals surface area contributed by atoms with Crippen LogP contribution < -0.4 is 10.1 Å². The number of nitrogens with one attached hydrogen (secondary N) is 1. The molecule has 3 aromatic rings. The van der Waals surface area contributed by atoms with Crippen LogP contribution in [0.25, 0.3) is 16.5 Å². The topological polar surface area (TPSA) is 77.5 Å². The van der Waals surface area contributed by atoms with Crippen molar-refractivity contribution in [1.29, 1.82) is 0 Å². The number of aromatic nitrogens is 1. The summed E-state index contributed by atoms with van der Waals surface area (Å²) in [5.41, 5.74) is 4.92. The van der Waals surface area contributed by atoms with E-state index in [0.29, 0.717) is 18.2 Å². The van der Waals surface area contributed by atoms with E-state index in [4.69, 9.17) is 13.7 Å². The summed E-state index contributed by atoms with van der Waals surface area (Å²) in [4.78, 5) is 12.5. The zero-order valence-electron chi connectivity index (χ0n) is 17.3. The summed E-state index contributed by atoms with van der Waals surface area (Å²) in [6.07, 6.45) is 5.93. The van der Waals surface area contributed by atoms with Crippen LogP contribution in [0.3, 0.4) is 0 Å². The van der Waals surface area contributed by atoms with Gasteiger partial charge in [0.05, 0.1) is 6.61 Å². The Kier molecular flexibility index (Phi) is 5.18. The Labute approximate surface area is 169 Å². The van der Waals surface area contributed by atoms with Gasteiger partial charge in [-0.05, 0) is 58.6 Å². The smallest absolute Gasteiger partial charge is 0.249 e. The van der Waals surface area contributed by atoms with Gasteiger partial charge in [-0.3, -0.25) is 4.79 Å². The summed E-state index contributed by atoms with van der Waals surface area (Å²) in [6.45, 7) is 8.22. The number of benzene rings is 1. The maximum absolute atomic E-state index is 12.5. The van der Waals surface area contributed by atoms with Crippen LogP contribution in [-0.2, 0) is 17.6 Å². The summed E-state index contributed by atoms with van der Waals surface area (Å²) in [6, 6.07) is 3.79. The number of carbonyl (C=O) groups excluding carboxylic acids is 1. The van der Waals surface area contributed by atoms with Crippen molar-refractivity contribution in [2.45, 2.75) is 53.4 Å². The second-order valence-corrected chi connectivity index (χ2v) is 7.54. The molecule has 0 saturated carbocycles. The van der Waals surface area contributed by atoms with E-state index in [-0.39, 0.29) is 5.91 Å². The third-order valence-electron chi connectivity index (χ3n) is 5.37. The van der Waals surface area contributed by atoms with E-state index >= 15 is 0 Å². The number of hydrogen-bond donors (Lipinski definition) is 1. The minimum atomic E-state index is -0.259. The zero-order valence-corrected chi connectivity index (χ0v) is 17.3. The highest BCUT2D eigenvalue weighted by Crippen LogP contribution is 2.41. The lowest BCUT2D eigenvalue weighted by molar-refractivity contribution is -0.111. The van der Waals surface area contributed by atoms with E-state index < -0.39 is 0 Å². The molecular formula is C23H26N2O4. The van der Waals surface area contributed by atoms with Gasteiger partial charge in [0, 0.05) is 40.6 Å². The van der Waals surface area contributed by atoms with Gasteiger partial charge in [-0.25, -0.2) is 0 Å². The molecule has 0 unspecified atom stereocenters. The normalized spacial score (nSPS) is 14.1. The fourth-order valence-electron chi connectivity index (χ4n) is 4.02. The Bertz CT molecular complexity index is 1100. The minimum absolute atomic E-state index is 0.259. The number of anilines is 1. The first-order chi connectivity index (χ1) is 14.0. The lowest BCUT2D eigenvalue weighted by Gasteiger charge is -2.15. The number of aryl methyl sites for hydroxylation is 4. The molecule has 0 bridgehead atoms. The number of nitrogens with zero attached hydrogens (tertiary/aromatic N) is 1. The van der Waals surface area contributed by atoms with Crippen molar-refractivity contribution in [3.63, 3.8) is 0 Å². The molecule has 2 aromatic heterocycles. The van der Waals surface area contributed by atoms with Gasteiger partial charge < -0.3 is 19.0 Å². The number of rotatable bonds is 5. The van der Waals surface area contributed by atoms with Crippen molar-refractivity contribution < 1.29 is 18.5 Å². The van der Waals surface area contributed by atoms with Gasteiger partial charge in [-0.2, -0.15) is 0 Å². The minimum Gasteiger partial charge on any atom is -0.493 e. The van der Waals surface area contributed by atoms with Gasteiger partial charge in [0.25, 0.3) is 0 Å². The van der Waals surface area contributed by atoms with E-state index in [1.807, 2.05) is 20.8 Å². The molecule has 4 rings (SSSR count). The molecule has 0 fully saturated rings. The molecule has 2 heterocycles. The first-order valence-corrected chi connectivity index (χ1v) is 10.1. The fraction of sp³-hybridized carbons (Fsp3) is 0.391. The Morgan fingerprint density at radius 3 is 2.79 bits per heavy atom. The number of furan rings is 1. The maximum atomic E-state index is 12.5. The molecule has 1 aliphatic carbocycles. The van der Waals surface area contributed by atoms with Gasteiger partial charge in [-0.15, -0.1) is 0 Å². The van der Waals surface area contributed by atoms with Crippen LogP contribution in [0, 0.1) is 13.8 Å². The van der Waals surface area contributed by atoms with Crippen molar-refractivity contribution in [1.82, 2.24) is 5.16 Å². The number of fused-ring (bicyclic) bond motifs is 3. The molecule has 0 aliphatic heterocycles. The molecule has 0 spiro atoms. The number of ether oxygens (including phenoxy) is 1. The van der Waals surface area contributed by atoms with Gasteiger partial charge in [0.2, 0.25) is 5.91 Å². The first kappa shape index (κ1) is 19.3. The third kappa shape index (κ3) is 3.67. The van der Waals surface area contributed by atoms with Crippen molar-refractivity contribution in [3.8, 4) is 5.75 Å². The number of amides is 1. The lowest BCUT2D eigenvalue weighted by Crippen LogP contribution is -2.09. The molecular weight excluding hydrogens is 368 g/mol. The summed E-state index contributed by atoms with van der Waals surface area (Å²) in [5, 5.41) is 7.67.